The second-order valence-electron chi connectivity index (χ2n) is 4.38. The number of hydrogen-bond donors (Lipinski definition) is 2. The fourth-order valence-corrected chi connectivity index (χ4v) is 1.35. The second kappa shape index (κ2) is 7.24. The van der Waals surface area contributed by atoms with E-state index in [1.165, 1.54) is 0 Å². The summed E-state index contributed by atoms with van der Waals surface area (Å²) < 4.78 is 4.59. The van der Waals surface area contributed by atoms with Crippen molar-refractivity contribution in [2.24, 2.45) is 0 Å². The first-order valence-corrected chi connectivity index (χ1v) is 5.69. The van der Waals surface area contributed by atoms with Crippen molar-refractivity contribution in [3.63, 3.8) is 0 Å². The summed E-state index contributed by atoms with van der Waals surface area (Å²) in [6.07, 6.45) is -0.739. The number of amides is 2. The summed E-state index contributed by atoms with van der Waals surface area (Å²) in [6, 6.07) is 0. The minimum atomic E-state index is -0.875. The molecule has 0 aliphatic carbocycles. The van der Waals surface area contributed by atoms with E-state index in [4.69, 9.17) is 0 Å². The normalized spacial score (nSPS) is 11.4. The summed E-state index contributed by atoms with van der Waals surface area (Å²) >= 11 is 0. The first-order chi connectivity index (χ1) is 7.78. The predicted molar refractivity (Wildman–Crippen MR) is 63.6 cm³/mol. The molecule has 0 unspecified atom stereocenters. The molecule has 0 aliphatic heterocycles. The van der Waals surface area contributed by atoms with Crippen LogP contribution in [0, 0.1) is 0 Å². The molecule has 6 nitrogen and oxygen atoms in total. The zero-order valence-electron chi connectivity index (χ0n) is 10.9. The summed E-state index contributed by atoms with van der Waals surface area (Å²) in [7, 11) is 0. The molecule has 0 rings (SSSR count). The smallest absolute Gasteiger partial charge is 0.413 e. The van der Waals surface area contributed by atoms with Crippen molar-refractivity contribution in [3.8, 4) is 0 Å². The van der Waals surface area contributed by atoms with Gasteiger partial charge in [0, 0.05) is 6.54 Å². The van der Waals surface area contributed by atoms with E-state index in [0.717, 1.165) is 0 Å². The summed E-state index contributed by atoms with van der Waals surface area (Å²) in [5.41, 5.74) is -0.875. The Labute approximate surface area is 102 Å². The molecule has 0 aromatic carbocycles. The van der Waals surface area contributed by atoms with Crippen molar-refractivity contribution in [1.82, 2.24) is 10.2 Å². The predicted octanol–water partition coefficient (Wildman–Crippen LogP) is 0.352. The van der Waals surface area contributed by atoms with Crippen LogP contribution in [0.2, 0.25) is 0 Å². The molecule has 100 valence electrons. The first kappa shape index (κ1) is 15.9. The van der Waals surface area contributed by atoms with Crippen LogP contribution < -0.4 is 5.32 Å². The van der Waals surface area contributed by atoms with Crippen LogP contribution in [0.3, 0.4) is 0 Å². The Balaban J connectivity index is 4.11. The summed E-state index contributed by atoms with van der Waals surface area (Å²) in [5.74, 6) is -0.436. The number of imide groups is 1. The lowest BCUT2D eigenvalue weighted by atomic mass is 10.1. The molecular formula is C11H22N2O4. The number of nitrogens with one attached hydrogen (secondary N) is 1. The van der Waals surface area contributed by atoms with E-state index in [0.29, 0.717) is 13.1 Å². The number of hydrogen-bond acceptors (Lipinski definition) is 5. The van der Waals surface area contributed by atoms with Gasteiger partial charge in [0.25, 0.3) is 0 Å². The molecule has 0 spiro atoms. The third-order valence-electron chi connectivity index (χ3n) is 1.94. The van der Waals surface area contributed by atoms with Gasteiger partial charge in [-0.25, -0.2) is 4.79 Å². The average molecular weight is 246 g/mol. The Hall–Kier alpha value is -1.14. The number of carbonyl (C=O) groups is 2. The van der Waals surface area contributed by atoms with E-state index in [9.17, 15) is 14.7 Å². The van der Waals surface area contributed by atoms with Gasteiger partial charge in [0.1, 0.15) is 0 Å². The standard InChI is InChI=1S/C11H22N2O4/c1-5-13(8-11(3,4)16)7-9(14)12-10(15)17-6-2/h16H,5-8H2,1-4H3,(H,12,14,15). The molecule has 0 atom stereocenters. The highest BCUT2D eigenvalue weighted by Crippen LogP contribution is 2.04. The number of rotatable bonds is 6. The largest absolute Gasteiger partial charge is 0.450 e. The fraction of sp³-hybridized carbons (Fsp3) is 0.818. The molecule has 0 radical (unpaired) electrons. The van der Waals surface area contributed by atoms with Crippen LogP contribution in [0.1, 0.15) is 27.7 Å². The van der Waals surface area contributed by atoms with Gasteiger partial charge in [-0.2, -0.15) is 0 Å². The highest BCUT2D eigenvalue weighted by Gasteiger charge is 2.19. The number of ether oxygens (including phenoxy) is 1. The maximum atomic E-state index is 11.4. The van der Waals surface area contributed by atoms with Crippen molar-refractivity contribution in [2.75, 3.05) is 26.2 Å². The van der Waals surface area contributed by atoms with Gasteiger partial charge in [0.2, 0.25) is 5.91 Å². The number of alkyl carbamates (subject to hydrolysis) is 1. The van der Waals surface area contributed by atoms with Crippen molar-refractivity contribution >= 4 is 12.0 Å². The van der Waals surface area contributed by atoms with Gasteiger partial charge in [-0.3, -0.25) is 15.0 Å². The van der Waals surface area contributed by atoms with E-state index in [1.54, 1.807) is 25.7 Å². The number of nitrogens with zero attached hydrogens (tertiary/aromatic N) is 1. The van der Waals surface area contributed by atoms with Gasteiger partial charge in [0.15, 0.2) is 0 Å². The molecule has 0 saturated carbocycles. The van der Waals surface area contributed by atoms with Crippen LogP contribution in [0.15, 0.2) is 0 Å². The minimum Gasteiger partial charge on any atom is -0.450 e. The van der Waals surface area contributed by atoms with Crippen LogP contribution in [0.25, 0.3) is 0 Å². The van der Waals surface area contributed by atoms with Gasteiger partial charge < -0.3 is 9.84 Å². The number of likely N-dealkylation sites (N-methyl/N-ethyl adjacent to an activating group) is 1. The van der Waals surface area contributed by atoms with Gasteiger partial charge >= 0.3 is 6.09 Å². The fourth-order valence-electron chi connectivity index (χ4n) is 1.35. The highest BCUT2D eigenvalue weighted by molar-refractivity contribution is 5.92. The SMILES string of the molecule is CCOC(=O)NC(=O)CN(CC)CC(C)(C)O. The lowest BCUT2D eigenvalue weighted by molar-refractivity contribution is -0.122. The summed E-state index contributed by atoms with van der Waals surface area (Å²) in [5, 5.41) is 11.7. The Bertz CT molecular complexity index is 261. The van der Waals surface area contributed by atoms with Crippen LogP contribution in [0.4, 0.5) is 4.79 Å². The molecule has 17 heavy (non-hydrogen) atoms. The first-order valence-electron chi connectivity index (χ1n) is 5.69. The molecule has 6 heteroatoms. The van der Waals surface area contributed by atoms with Crippen LogP contribution in [-0.2, 0) is 9.53 Å². The minimum absolute atomic E-state index is 0.0549. The van der Waals surface area contributed by atoms with Gasteiger partial charge in [-0.1, -0.05) is 6.92 Å². The van der Waals surface area contributed by atoms with E-state index in [1.807, 2.05) is 6.92 Å². The Kier molecular flexibility index (Phi) is 6.75. The molecule has 0 aromatic heterocycles. The van der Waals surface area contributed by atoms with E-state index in [2.05, 4.69) is 10.1 Å². The second-order valence-corrected chi connectivity index (χ2v) is 4.38. The molecule has 0 saturated heterocycles. The third kappa shape index (κ3) is 8.65. The van der Waals surface area contributed by atoms with Crippen molar-refractivity contribution in [2.45, 2.75) is 33.3 Å². The molecule has 0 heterocycles. The van der Waals surface area contributed by atoms with Crippen LogP contribution >= 0.6 is 0 Å². The summed E-state index contributed by atoms with van der Waals surface area (Å²) in [6.45, 7) is 8.12. The highest BCUT2D eigenvalue weighted by atomic mass is 16.5. The molecule has 0 aliphatic rings. The molecule has 2 amide bonds. The molecular weight excluding hydrogens is 224 g/mol. The lowest BCUT2D eigenvalue weighted by Crippen LogP contribution is -2.45. The maximum absolute atomic E-state index is 11.4. The van der Waals surface area contributed by atoms with Crippen molar-refractivity contribution in [3.05, 3.63) is 0 Å². The molecule has 2 N–H and O–H groups in total. The Morgan fingerprint density at radius 2 is 1.94 bits per heavy atom. The van der Waals surface area contributed by atoms with Crippen molar-refractivity contribution in [1.29, 1.82) is 0 Å². The topological polar surface area (TPSA) is 78.9 Å². The zero-order valence-corrected chi connectivity index (χ0v) is 10.9. The van der Waals surface area contributed by atoms with Crippen LogP contribution in [0.5, 0.6) is 0 Å². The van der Waals surface area contributed by atoms with Gasteiger partial charge in [-0.15, -0.1) is 0 Å². The molecule has 0 aromatic rings. The van der Waals surface area contributed by atoms with E-state index < -0.39 is 17.6 Å². The Morgan fingerprint density at radius 1 is 1.35 bits per heavy atom. The summed E-state index contributed by atoms with van der Waals surface area (Å²) in [4.78, 5) is 24.2. The maximum Gasteiger partial charge on any atom is 0.413 e. The van der Waals surface area contributed by atoms with E-state index >= 15 is 0 Å². The van der Waals surface area contributed by atoms with Crippen molar-refractivity contribution < 1.29 is 19.4 Å². The van der Waals surface area contributed by atoms with Gasteiger partial charge in [0.05, 0.1) is 18.8 Å². The quantitative estimate of drug-likeness (QED) is 0.707. The van der Waals surface area contributed by atoms with Gasteiger partial charge in [-0.05, 0) is 27.3 Å². The van der Waals surface area contributed by atoms with Crippen LogP contribution in [-0.4, -0.2) is 53.8 Å². The van der Waals surface area contributed by atoms with E-state index in [-0.39, 0.29) is 13.2 Å². The zero-order chi connectivity index (χ0) is 13.5. The Morgan fingerprint density at radius 3 is 2.35 bits per heavy atom. The monoisotopic (exact) mass is 246 g/mol. The molecule has 0 fully saturated rings. The lowest BCUT2D eigenvalue weighted by Gasteiger charge is -2.27. The number of carbonyl (C=O) groups excluding carboxylic acids is 2. The molecule has 0 bridgehead atoms. The average Bonchev–Trinajstić information content (AvgIpc) is 2.14. The number of aliphatic hydroxyl groups is 1. The third-order valence-corrected chi connectivity index (χ3v) is 1.94.